The summed E-state index contributed by atoms with van der Waals surface area (Å²) in [5, 5.41) is 0. The SMILES string of the molecule is Cc1cc(C)c(S(=O)(=O)N[C@H]2CC(=O)N(c3ccc(C)c(C)c3)C2)c(C)c1. The maximum atomic E-state index is 12.9. The van der Waals surface area contributed by atoms with Crippen molar-refractivity contribution in [2.75, 3.05) is 11.4 Å². The van der Waals surface area contributed by atoms with E-state index in [1.165, 1.54) is 0 Å². The van der Waals surface area contributed by atoms with Gasteiger partial charge in [0.05, 0.1) is 4.90 Å². The topological polar surface area (TPSA) is 66.5 Å². The number of sulfonamides is 1. The number of carbonyl (C=O) groups is 1. The van der Waals surface area contributed by atoms with E-state index in [9.17, 15) is 13.2 Å². The quantitative estimate of drug-likeness (QED) is 0.877. The van der Waals surface area contributed by atoms with Gasteiger partial charge in [-0.05, 0) is 69.0 Å². The third-order valence-electron chi connectivity index (χ3n) is 5.12. The summed E-state index contributed by atoms with van der Waals surface area (Å²) in [6.07, 6.45) is 0.163. The minimum atomic E-state index is -3.69. The van der Waals surface area contributed by atoms with Crippen LogP contribution in [0.3, 0.4) is 0 Å². The molecular weight excluding hydrogens is 360 g/mol. The summed E-state index contributed by atoms with van der Waals surface area (Å²) in [6.45, 7) is 9.91. The second kappa shape index (κ2) is 7.09. The van der Waals surface area contributed by atoms with Crippen molar-refractivity contribution in [3.63, 3.8) is 0 Å². The number of carbonyl (C=O) groups excluding carboxylic acids is 1. The Kier molecular flexibility index (Phi) is 5.14. The van der Waals surface area contributed by atoms with E-state index in [2.05, 4.69) is 4.72 Å². The molecule has 1 aliphatic heterocycles. The van der Waals surface area contributed by atoms with Gasteiger partial charge in [0.1, 0.15) is 0 Å². The molecule has 0 saturated carbocycles. The van der Waals surface area contributed by atoms with Gasteiger partial charge in [0.25, 0.3) is 0 Å². The first-order valence-electron chi connectivity index (χ1n) is 9.06. The van der Waals surface area contributed by atoms with Crippen LogP contribution in [0, 0.1) is 34.6 Å². The molecule has 6 heteroatoms. The van der Waals surface area contributed by atoms with Crippen molar-refractivity contribution >= 4 is 21.6 Å². The number of hydrogen-bond donors (Lipinski definition) is 1. The Morgan fingerprint density at radius 3 is 2.15 bits per heavy atom. The van der Waals surface area contributed by atoms with Crippen molar-refractivity contribution in [3.8, 4) is 0 Å². The molecule has 0 bridgehead atoms. The molecule has 144 valence electrons. The van der Waals surface area contributed by atoms with Gasteiger partial charge in [-0.25, -0.2) is 13.1 Å². The molecule has 2 aromatic carbocycles. The van der Waals surface area contributed by atoms with E-state index in [1.807, 2.05) is 51.1 Å². The van der Waals surface area contributed by atoms with Crippen LogP contribution >= 0.6 is 0 Å². The second-order valence-electron chi connectivity index (χ2n) is 7.52. The number of nitrogens with one attached hydrogen (secondary N) is 1. The van der Waals surface area contributed by atoms with Crippen LogP contribution in [-0.4, -0.2) is 26.9 Å². The van der Waals surface area contributed by atoms with Crippen molar-refractivity contribution in [2.24, 2.45) is 0 Å². The van der Waals surface area contributed by atoms with E-state index in [0.29, 0.717) is 11.4 Å². The van der Waals surface area contributed by atoms with Crippen LogP contribution in [0.5, 0.6) is 0 Å². The van der Waals surface area contributed by atoms with Crippen LogP contribution in [-0.2, 0) is 14.8 Å². The minimum absolute atomic E-state index is 0.0664. The fourth-order valence-corrected chi connectivity index (χ4v) is 5.48. The predicted octanol–water partition coefficient (Wildman–Crippen LogP) is 3.31. The van der Waals surface area contributed by atoms with E-state index in [4.69, 9.17) is 0 Å². The minimum Gasteiger partial charge on any atom is -0.311 e. The van der Waals surface area contributed by atoms with Crippen LogP contribution in [0.25, 0.3) is 0 Å². The van der Waals surface area contributed by atoms with Crippen LogP contribution in [0.2, 0.25) is 0 Å². The van der Waals surface area contributed by atoms with Crippen LogP contribution in [0.4, 0.5) is 5.69 Å². The second-order valence-corrected chi connectivity index (χ2v) is 9.17. The average Bonchev–Trinajstić information content (AvgIpc) is 2.88. The van der Waals surface area contributed by atoms with Crippen molar-refractivity contribution < 1.29 is 13.2 Å². The summed E-state index contributed by atoms with van der Waals surface area (Å²) in [6, 6.07) is 9.15. The van der Waals surface area contributed by atoms with Gasteiger partial charge < -0.3 is 4.90 Å². The molecule has 3 rings (SSSR count). The fraction of sp³-hybridized carbons (Fsp3) is 0.381. The summed E-state index contributed by atoms with van der Waals surface area (Å²) in [5.41, 5.74) is 5.54. The number of aryl methyl sites for hydroxylation is 5. The molecule has 0 unspecified atom stereocenters. The third-order valence-corrected chi connectivity index (χ3v) is 6.95. The number of rotatable bonds is 4. The van der Waals surface area contributed by atoms with Gasteiger partial charge in [0.15, 0.2) is 0 Å². The number of hydrogen-bond acceptors (Lipinski definition) is 3. The summed E-state index contributed by atoms with van der Waals surface area (Å²) < 4.78 is 28.6. The molecule has 0 radical (unpaired) electrons. The first-order chi connectivity index (χ1) is 12.6. The molecule has 1 heterocycles. The maximum Gasteiger partial charge on any atom is 0.241 e. The van der Waals surface area contributed by atoms with Crippen molar-refractivity contribution in [3.05, 3.63) is 58.1 Å². The zero-order valence-electron chi connectivity index (χ0n) is 16.5. The smallest absolute Gasteiger partial charge is 0.241 e. The van der Waals surface area contributed by atoms with Crippen LogP contribution in [0.15, 0.2) is 35.2 Å². The lowest BCUT2D eigenvalue weighted by Crippen LogP contribution is -2.37. The first kappa shape index (κ1) is 19.6. The van der Waals surface area contributed by atoms with E-state index in [-0.39, 0.29) is 12.3 Å². The lowest BCUT2D eigenvalue weighted by molar-refractivity contribution is -0.117. The highest BCUT2D eigenvalue weighted by Gasteiger charge is 2.34. The van der Waals surface area contributed by atoms with E-state index in [0.717, 1.165) is 33.5 Å². The van der Waals surface area contributed by atoms with Gasteiger partial charge >= 0.3 is 0 Å². The normalized spacial score (nSPS) is 17.6. The van der Waals surface area contributed by atoms with E-state index in [1.54, 1.807) is 18.7 Å². The predicted molar refractivity (Wildman–Crippen MR) is 108 cm³/mol. The number of anilines is 1. The zero-order valence-corrected chi connectivity index (χ0v) is 17.3. The van der Waals surface area contributed by atoms with Gasteiger partial charge in [0.2, 0.25) is 15.9 Å². The Bertz CT molecular complexity index is 989. The highest BCUT2D eigenvalue weighted by atomic mass is 32.2. The highest BCUT2D eigenvalue weighted by Crippen LogP contribution is 2.26. The zero-order chi connectivity index (χ0) is 19.9. The lowest BCUT2D eigenvalue weighted by atomic mass is 10.1. The molecule has 0 spiro atoms. The monoisotopic (exact) mass is 386 g/mol. The molecule has 1 atom stereocenters. The molecule has 5 nitrogen and oxygen atoms in total. The fourth-order valence-electron chi connectivity index (χ4n) is 3.80. The van der Waals surface area contributed by atoms with Gasteiger partial charge in [-0.3, -0.25) is 4.79 Å². The standard InChI is InChI=1S/C21H26N2O3S/c1-13-8-16(4)21(17(5)9-13)27(25,26)22-18-11-20(24)23(12-18)19-7-6-14(2)15(3)10-19/h6-10,18,22H,11-12H2,1-5H3/t18-/m0/s1. The van der Waals surface area contributed by atoms with Gasteiger partial charge in [-0.15, -0.1) is 0 Å². The molecule has 1 fully saturated rings. The maximum absolute atomic E-state index is 12.9. The molecule has 1 saturated heterocycles. The summed E-state index contributed by atoms with van der Waals surface area (Å²) in [7, 11) is -3.69. The van der Waals surface area contributed by atoms with Crippen molar-refractivity contribution in [1.82, 2.24) is 4.72 Å². The molecule has 1 N–H and O–H groups in total. The molecule has 0 aromatic heterocycles. The molecule has 27 heavy (non-hydrogen) atoms. The average molecular weight is 387 g/mol. The Labute approximate surface area is 161 Å². The number of benzene rings is 2. The number of nitrogens with zero attached hydrogens (tertiary/aromatic N) is 1. The summed E-state index contributed by atoms with van der Waals surface area (Å²) in [4.78, 5) is 14.4. The molecule has 2 aromatic rings. The molecule has 0 aliphatic carbocycles. The molecule has 1 aliphatic rings. The molecule has 1 amide bonds. The van der Waals surface area contributed by atoms with Gasteiger partial charge in [-0.1, -0.05) is 23.8 Å². The van der Waals surface area contributed by atoms with Crippen molar-refractivity contribution in [1.29, 1.82) is 0 Å². The van der Waals surface area contributed by atoms with E-state index < -0.39 is 16.1 Å². The van der Waals surface area contributed by atoms with E-state index >= 15 is 0 Å². The Morgan fingerprint density at radius 1 is 0.926 bits per heavy atom. The number of amides is 1. The van der Waals surface area contributed by atoms with Gasteiger partial charge in [-0.2, -0.15) is 0 Å². The first-order valence-corrected chi connectivity index (χ1v) is 10.5. The summed E-state index contributed by atoms with van der Waals surface area (Å²) in [5.74, 6) is -0.0664. The Hall–Kier alpha value is -2.18. The molecular formula is C21H26N2O3S. The Balaban J connectivity index is 1.83. The van der Waals surface area contributed by atoms with Crippen LogP contribution < -0.4 is 9.62 Å². The third kappa shape index (κ3) is 3.92. The van der Waals surface area contributed by atoms with Crippen molar-refractivity contribution in [2.45, 2.75) is 52.0 Å². The lowest BCUT2D eigenvalue weighted by Gasteiger charge is -2.19. The van der Waals surface area contributed by atoms with Crippen LogP contribution in [0.1, 0.15) is 34.2 Å². The van der Waals surface area contributed by atoms with Gasteiger partial charge in [0, 0.05) is 24.7 Å². The Morgan fingerprint density at radius 2 is 1.56 bits per heavy atom. The largest absolute Gasteiger partial charge is 0.311 e. The summed E-state index contributed by atoms with van der Waals surface area (Å²) >= 11 is 0. The highest BCUT2D eigenvalue weighted by molar-refractivity contribution is 7.89.